The van der Waals surface area contributed by atoms with Crippen molar-refractivity contribution in [3.05, 3.63) is 77.4 Å². The van der Waals surface area contributed by atoms with Crippen LogP contribution in [-0.2, 0) is 44.7 Å². The first-order valence-electron chi connectivity index (χ1n) is 14.6. The van der Waals surface area contributed by atoms with E-state index in [9.17, 15) is 19.2 Å². The normalized spacial score (nSPS) is 13.5. The van der Waals surface area contributed by atoms with E-state index in [-0.39, 0.29) is 62.8 Å². The van der Waals surface area contributed by atoms with Crippen LogP contribution in [0.15, 0.2) is 60.7 Å². The highest BCUT2D eigenvalue weighted by Gasteiger charge is 2.23. The van der Waals surface area contributed by atoms with Crippen LogP contribution in [0.4, 0.5) is 5.69 Å². The topological polar surface area (TPSA) is 124 Å². The zero-order valence-corrected chi connectivity index (χ0v) is 24.6. The molecule has 4 rings (SSSR count). The number of carbonyl (C=O) groups is 4. The number of amides is 4. The smallest absolute Gasteiger partial charge is 0.253 e. The summed E-state index contributed by atoms with van der Waals surface area (Å²) in [4.78, 5) is 51.2. The Balaban J connectivity index is 0.998. The molecule has 11 heteroatoms. The maximum absolute atomic E-state index is 13.2. The van der Waals surface area contributed by atoms with Gasteiger partial charge in [0, 0.05) is 42.7 Å². The fourth-order valence-electron chi connectivity index (χ4n) is 4.47. The van der Waals surface area contributed by atoms with Gasteiger partial charge in [0.15, 0.2) is 0 Å². The minimum absolute atomic E-state index is 0.0909. The second-order valence-electron chi connectivity index (χ2n) is 9.87. The highest BCUT2D eigenvalue weighted by atomic mass is 16.6. The van der Waals surface area contributed by atoms with E-state index in [1.54, 1.807) is 4.90 Å². The van der Waals surface area contributed by atoms with Gasteiger partial charge in [-0.1, -0.05) is 42.2 Å². The zero-order chi connectivity index (χ0) is 31.0. The van der Waals surface area contributed by atoms with Gasteiger partial charge in [0.2, 0.25) is 11.8 Å². The molecule has 1 N–H and O–H groups in total. The van der Waals surface area contributed by atoms with Crippen molar-refractivity contribution in [2.75, 3.05) is 70.8 Å². The van der Waals surface area contributed by atoms with Crippen molar-refractivity contribution < 1.29 is 38.1 Å². The molecule has 2 aromatic carbocycles. The largest absolute Gasteiger partial charge is 0.379 e. The molecule has 0 fully saturated rings. The van der Waals surface area contributed by atoms with Gasteiger partial charge < -0.3 is 29.2 Å². The van der Waals surface area contributed by atoms with E-state index in [4.69, 9.17) is 18.9 Å². The van der Waals surface area contributed by atoms with E-state index in [2.05, 4.69) is 17.2 Å². The van der Waals surface area contributed by atoms with Crippen molar-refractivity contribution in [2.24, 2.45) is 0 Å². The summed E-state index contributed by atoms with van der Waals surface area (Å²) in [5.41, 5.74) is 3.44. The van der Waals surface area contributed by atoms with Crippen LogP contribution in [0.25, 0.3) is 0 Å². The Morgan fingerprint density at radius 2 is 1.27 bits per heavy atom. The molecule has 0 bridgehead atoms. The Bertz CT molecular complexity index is 1380. The van der Waals surface area contributed by atoms with Crippen LogP contribution in [0, 0.1) is 11.8 Å². The highest BCUT2D eigenvalue weighted by Crippen LogP contribution is 2.25. The molecule has 0 aromatic heterocycles. The lowest BCUT2D eigenvalue weighted by Crippen LogP contribution is -2.35. The number of fused-ring (bicyclic) bond motifs is 2. The molecule has 2 aromatic rings. The zero-order valence-electron chi connectivity index (χ0n) is 24.6. The molecule has 11 nitrogen and oxygen atoms in total. The number of benzene rings is 2. The number of imide groups is 1. The maximum atomic E-state index is 13.2. The molecule has 2 aliphatic rings. The fourth-order valence-corrected chi connectivity index (χ4v) is 4.47. The molecule has 2 heterocycles. The van der Waals surface area contributed by atoms with E-state index in [0.717, 1.165) is 27.3 Å². The quantitative estimate of drug-likeness (QED) is 0.156. The van der Waals surface area contributed by atoms with Crippen molar-refractivity contribution in [2.45, 2.75) is 19.4 Å². The molecular formula is C33H37N3O8. The van der Waals surface area contributed by atoms with Gasteiger partial charge in [-0.2, -0.15) is 0 Å². The Morgan fingerprint density at radius 3 is 1.98 bits per heavy atom. The summed E-state index contributed by atoms with van der Waals surface area (Å²) < 4.78 is 21.7. The van der Waals surface area contributed by atoms with Crippen LogP contribution in [0.5, 0.6) is 0 Å². The van der Waals surface area contributed by atoms with Crippen molar-refractivity contribution >= 4 is 29.3 Å². The Kier molecular flexibility index (Phi) is 13.1. The lowest BCUT2D eigenvalue weighted by atomic mass is 10.0. The number of carbonyl (C=O) groups excluding carboxylic acids is 4. The highest BCUT2D eigenvalue weighted by molar-refractivity contribution is 6.12. The predicted molar refractivity (Wildman–Crippen MR) is 161 cm³/mol. The lowest BCUT2D eigenvalue weighted by Gasteiger charge is -2.26. The molecule has 0 spiro atoms. The van der Waals surface area contributed by atoms with Crippen LogP contribution >= 0.6 is 0 Å². The van der Waals surface area contributed by atoms with Crippen molar-refractivity contribution in [1.82, 2.24) is 10.2 Å². The Labute approximate surface area is 257 Å². The first-order valence-corrected chi connectivity index (χ1v) is 14.6. The molecule has 4 amide bonds. The van der Waals surface area contributed by atoms with Gasteiger partial charge in [0.05, 0.1) is 71.6 Å². The summed E-state index contributed by atoms with van der Waals surface area (Å²) in [6, 6.07) is 15.4. The van der Waals surface area contributed by atoms with E-state index in [1.807, 2.05) is 48.5 Å². The average molecular weight is 604 g/mol. The van der Waals surface area contributed by atoms with Crippen molar-refractivity contribution in [3.63, 3.8) is 0 Å². The van der Waals surface area contributed by atoms with Gasteiger partial charge in [-0.05, 0) is 23.8 Å². The van der Waals surface area contributed by atoms with Gasteiger partial charge in [0.25, 0.3) is 11.8 Å². The first-order chi connectivity index (χ1) is 21.5. The maximum Gasteiger partial charge on any atom is 0.253 e. The summed E-state index contributed by atoms with van der Waals surface area (Å²) >= 11 is 0. The van der Waals surface area contributed by atoms with Crippen LogP contribution in [-0.4, -0.2) is 94.5 Å². The number of para-hydroxylation sites is 1. The van der Waals surface area contributed by atoms with Crippen LogP contribution in [0.1, 0.15) is 29.5 Å². The van der Waals surface area contributed by atoms with Gasteiger partial charge in [-0.15, -0.1) is 0 Å². The Morgan fingerprint density at radius 1 is 0.705 bits per heavy atom. The lowest BCUT2D eigenvalue weighted by molar-refractivity contribution is -0.137. The van der Waals surface area contributed by atoms with E-state index in [1.165, 1.54) is 12.2 Å². The molecule has 0 atom stereocenters. The van der Waals surface area contributed by atoms with Crippen LogP contribution in [0.2, 0.25) is 0 Å². The van der Waals surface area contributed by atoms with Gasteiger partial charge in [0.1, 0.15) is 0 Å². The summed E-state index contributed by atoms with van der Waals surface area (Å²) in [5, 5.41) is 2.80. The number of rotatable bonds is 18. The summed E-state index contributed by atoms with van der Waals surface area (Å²) in [5.74, 6) is 5.47. The summed E-state index contributed by atoms with van der Waals surface area (Å²) in [6.45, 7) is 3.57. The minimum Gasteiger partial charge on any atom is -0.379 e. The van der Waals surface area contributed by atoms with Gasteiger partial charge >= 0.3 is 0 Å². The first kappa shape index (κ1) is 32.6. The number of hydrogen-bond acceptors (Lipinski definition) is 8. The SMILES string of the molecule is O=C(CCOCCOCCOCCOCCN1C(=O)C=CC1=O)NCCC(=O)N1Cc2ccccc2C#Cc2ccccc21. The standard InChI is InChI=1S/C33H37N3O8/c37-30(14-17-41-19-21-43-23-24-44-22-20-42-18-16-35-31(38)11-12-32(35)39)34-15-13-33(40)36-25-28-7-2-1-5-26(28)9-10-27-6-3-4-8-29(27)36/h1-8,11-12H,13-25H2,(H,34,37). The Hall–Kier alpha value is -4.34. The van der Waals surface area contributed by atoms with E-state index >= 15 is 0 Å². The summed E-state index contributed by atoms with van der Waals surface area (Å²) in [7, 11) is 0. The van der Waals surface area contributed by atoms with E-state index in [0.29, 0.717) is 46.2 Å². The van der Waals surface area contributed by atoms with Gasteiger partial charge in [-0.3, -0.25) is 24.1 Å². The molecule has 44 heavy (non-hydrogen) atoms. The minimum atomic E-state index is -0.322. The third kappa shape index (κ3) is 10.1. The third-order valence-electron chi connectivity index (χ3n) is 6.78. The molecule has 0 saturated heterocycles. The van der Waals surface area contributed by atoms with Crippen LogP contribution in [0.3, 0.4) is 0 Å². The second kappa shape index (κ2) is 17.7. The monoisotopic (exact) mass is 603 g/mol. The van der Waals surface area contributed by atoms with Crippen molar-refractivity contribution in [1.29, 1.82) is 0 Å². The number of anilines is 1. The fraction of sp³-hybridized carbons (Fsp3) is 0.394. The number of nitrogens with zero attached hydrogens (tertiary/aromatic N) is 2. The molecule has 0 aliphatic carbocycles. The number of ether oxygens (including phenoxy) is 4. The van der Waals surface area contributed by atoms with Gasteiger partial charge in [-0.25, -0.2) is 0 Å². The molecular weight excluding hydrogens is 566 g/mol. The third-order valence-corrected chi connectivity index (χ3v) is 6.78. The van der Waals surface area contributed by atoms with Crippen LogP contribution < -0.4 is 10.2 Å². The molecule has 0 unspecified atom stereocenters. The van der Waals surface area contributed by atoms with Crippen molar-refractivity contribution in [3.8, 4) is 11.8 Å². The average Bonchev–Trinajstić information content (AvgIpc) is 3.34. The molecule has 0 radical (unpaired) electrons. The molecule has 0 saturated carbocycles. The summed E-state index contributed by atoms with van der Waals surface area (Å²) in [6.07, 6.45) is 2.83. The predicted octanol–water partition coefficient (Wildman–Crippen LogP) is 1.82. The molecule has 2 aliphatic heterocycles. The van der Waals surface area contributed by atoms with E-state index < -0.39 is 0 Å². The molecule has 232 valence electrons. The number of hydrogen-bond donors (Lipinski definition) is 1. The number of nitrogens with one attached hydrogen (secondary N) is 1. The second-order valence-corrected chi connectivity index (χ2v) is 9.87.